The average molecular weight is 342 g/mol. The average Bonchev–Trinajstić information content (AvgIpc) is 3.15. The molecule has 0 saturated carbocycles. The van der Waals surface area contributed by atoms with Crippen molar-refractivity contribution in [3.8, 4) is 0 Å². The van der Waals surface area contributed by atoms with Gasteiger partial charge in [-0.15, -0.1) is 0 Å². The molecule has 2 aromatic rings. The molecular formula is C19H26N4O2. The van der Waals surface area contributed by atoms with Gasteiger partial charge < -0.3 is 20.9 Å². The fourth-order valence-electron chi connectivity index (χ4n) is 3.50. The highest BCUT2D eigenvalue weighted by molar-refractivity contribution is 5.89. The van der Waals surface area contributed by atoms with Crippen molar-refractivity contribution in [2.24, 2.45) is 5.73 Å². The zero-order valence-electron chi connectivity index (χ0n) is 14.8. The van der Waals surface area contributed by atoms with Gasteiger partial charge in [0.25, 0.3) is 0 Å². The van der Waals surface area contributed by atoms with Gasteiger partial charge in [-0.05, 0) is 38.3 Å². The third-order valence-electron chi connectivity index (χ3n) is 4.67. The predicted octanol–water partition coefficient (Wildman–Crippen LogP) is 1.55. The number of H-pyrrole nitrogens is 1. The van der Waals surface area contributed by atoms with Crippen LogP contribution in [0.5, 0.6) is 0 Å². The van der Waals surface area contributed by atoms with Gasteiger partial charge in [-0.1, -0.05) is 18.2 Å². The minimum Gasteiger partial charge on any atom is -0.361 e. The summed E-state index contributed by atoms with van der Waals surface area (Å²) in [5, 5.41) is 4.03. The van der Waals surface area contributed by atoms with Gasteiger partial charge in [0.15, 0.2) is 0 Å². The second-order valence-electron chi connectivity index (χ2n) is 7.08. The van der Waals surface area contributed by atoms with Crippen molar-refractivity contribution in [2.75, 3.05) is 6.54 Å². The molecule has 1 aromatic heterocycles. The Kier molecular flexibility index (Phi) is 5.08. The molecule has 0 spiro atoms. The number of nitrogens with one attached hydrogen (secondary N) is 2. The molecule has 1 aliphatic rings. The summed E-state index contributed by atoms with van der Waals surface area (Å²) < 4.78 is 0. The topological polar surface area (TPSA) is 91.2 Å². The Hall–Kier alpha value is -2.34. The third kappa shape index (κ3) is 3.85. The van der Waals surface area contributed by atoms with Crippen molar-refractivity contribution in [3.05, 3.63) is 36.0 Å². The van der Waals surface area contributed by atoms with Crippen LogP contribution >= 0.6 is 0 Å². The van der Waals surface area contributed by atoms with E-state index in [0.717, 1.165) is 16.5 Å². The minimum atomic E-state index is -0.451. The predicted molar refractivity (Wildman–Crippen MR) is 98.0 cm³/mol. The lowest BCUT2D eigenvalue weighted by Crippen LogP contribution is -2.47. The molecule has 1 saturated heterocycles. The number of nitrogens with two attached hydrogens (primary N) is 1. The van der Waals surface area contributed by atoms with Crippen molar-refractivity contribution in [1.82, 2.24) is 15.2 Å². The second kappa shape index (κ2) is 7.27. The first-order valence-electron chi connectivity index (χ1n) is 8.86. The van der Waals surface area contributed by atoms with Gasteiger partial charge in [-0.2, -0.15) is 0 Å². The standard InChI is InChI=1S/C19H26N4O2/c1-12(2)22-19(25)17-9-14(20)11-23(17)18(24)8-7-13-10-21-16-6-4-3-5-15(13)16/h3-6,10,12,14,17,21H,7-9,11,20H2,1-2H3,(H,22,25)/t14-,17+/m1/s1. The lowest BCUT2D eigenvalue weighted by Gasteiger charge is -2.24. The molecule has 134 valence electrons. The van der Waals surface area contributed by atoms with Crippen molar-refractivity contribution >= 4 is 22.7 Å². The highest BCUT2D eigenvalue weighted by atomic mass is 16.2. The number of nitrogens with zero attached hydrogens (tertiary/aromatic N) is 1. The molecular weight excluding hydrogens is 316 g/mol. The number of carbonyl (C=O) groups is 2. The molecule has 1 aromatic carbocycles. The van der Waals surface area contributed by atoms with Gasteiger partial charge >= 0.3 is 0 Å². The lowest BCUT2D eigenvalue weighted by atomic mass is 10.1. The summed E-state index contributed by atoms with van der Waals surface area (Å²) in [5.41, 5.74) is 8.20. The number of benzene rings is 1. The zero-order chi connectivity index (χ0) is 18.0. The van der Waals surface area contributed by atoms with Crippen molar-refractivity contribution in [2.45, 2.75) is 51.2 Å². The molecule has 25 heavy (non-hydrogen) atoms. The first kappa shape index (κ1) is 17.5. The molecule has 3 rings (SSSR count). The fourth-order valence-corrected chi connectivity index (χ4v) is 3.50. The summed E-state index contributed by atoms with van der Waals surface area (Å²) >= 11 is 0. The number of fused-ring (bicyclic) bond motifs is 1. The molecule has 4 N–H and O–H groups in total. The normalized spacial score (nSPS) is 20.4. The Balaban J connectivity index is 1.66. The number of rotatable bonds is 5. The van der Waals surface area contributed by atoms with Gasteiger partial charge in [0, 0.05) is 42.1 Å². The number of hydrogen-bond donors (Lipinski definition) is 3. The summed E-state index contributed by atoms with van der Waals surface area (Å²) in [6.45, 7) is 4.27. The zero-order valence-corrected chi connectivity index (χ0v) is 14.8. The monoisotopic (exact) mass is 342 g/mol. The summed E-state index contributed by atoms with van der Waals surface area (Å²) in [4.78, 5) is 29.9. The molecule has 6 nitrogen and oxygen atoms in total. The Bertz CT molecular complexity index is 768. The van der Waals surface area contributed by atoms with E-state index < -0.39 is 6.04 Å². The van der Waals surface area contributed by atoms with Gasteiger partial charge in [-0.3, -0.25) is 9.59 Å². The number of aromatic amines is 1. The van der Waals surface area contributed by atoms with E-state index in [1.54, 1.807) is 4.90 Å². The number of aromatic nitrogens is 1. The number of hydrogen-bond acceptors (Lipinski definition) is 3. The Morgan fingerprint density at radius 3 is 2.88 bits per heavy atom. The van der Waals surface area contributed by atoms with E-state index in [1.165, 1.54) is 0 Å². The van der Waals surface area contributed by atoms with Crippen molar-refractivity contribution < 1.29 is 9.59 Å². The Morgan fingerprint density at radius 1 is 1.36 bits per heavy atom. The maximum absolute atomic E-state index is 12.7. The van der Waals surface area contributed by atoms with Crippen LogP contribution in [0.4, 0.5) is 0 Å². The van der Waals surface area contributed by atoms with E-state index in [9.17, 15) is 9.59 Å². The van der Waals surface area contributed by atoms with Crippen LogP contribution in [0.3, 0.4) is 0 Å². The van der Waals surface area contributed by atoms with Crippen LogP contribution in [-0.2, 0) is 16.0 Å². The van der Waals surface area contributed by atoms with E-state index in [1.807, 2.05) is 38.2 Å². The van der Waals surface area contributed by atoms with E-state index in [-0.39, 0.29) is 23.9 Å². The number of carbonyl (C=O) groups excluding carboxylic acids is 2. The molecule has 1 fully saturated rings. The van der Waals surface area contributed by atoms with E-state index in [4.69, 9.17) is 5.73 Å². The van der Waals surface area contributed by atoms with Crippen LogP contribution in [0.15, 0.2) is 30.5 Å². The molecule has 2 amide bonds. The van der Waals surface area contributed by atoms with Crippen LogP contribution in [0.2, 0.25) is 0 Å². The maximum Gasteiger partial charge on any atom is 0.243 e. The molecule has 0 radical (unpaired) electrons. The third-order valence-corrected chi connectivity index (χ3v) is 4.67. The summed E-state index contributed by atoms with van der Waals surface area (Å²) in [6.07, 6.45) is 3.50. The van der Waals surface area contributed by atoms with E-state index in [0.29, 0.717) is 25.8 Å². The summed E-state index contributed by atoms with van der Waals surface area (Å²) in [7, 11) is 0. The van der Waals surface area contributed by atoms with Gasteiger partial charge in [-0.25, -0.2) is 0 Å². The van der Waals surface area contributed by atoms with Crippen molar-refractivity contribution in [3.63, 3.8) is 0 Å². The Labute approximate surface area is 147 Å². The number of likely N-dealkylation sites (tertiary alicyclic amines) is 1. The van der Waals surface area contributed by atoms with Crippen molar-refractivity contribution in [1.29, 1.82) is 0 Å². The van der Waals surface area contributed by atoms with E-state index >= 15 is 0 Å². The van der Waals surface area contributed by atoms with Crippen LogP contribution in [0, 0.1) is 0 Å². The number of amides is 2. The van der Waals surface area contributed by atoms with Gasteiger partial charge in [0.05, 0.1) is 0 Å². The van der Waals surface area contributed by atoms with Crippen LogP contribution in [0.25, 0.3) is 10.9 Å². The largest absolute Gasteiger partial charge is 0.361 e. The molecule has 2 atom stereocenters. The molecule has 0 bridgehead atoms. The SMILES string of the molecule is CC(C)NC(=O)[C@@H]1C[C@@H](N)CN1C(=O)CCc1c[nH]c2ccccc12. The molecule has 0 aliphatic carbocycles. The molecule has 0 unspecified atom stereocenters. The maximum atomic E-state index is 12.7. The first-order chi connectivity index (χ1) is 12.0. The number of para-hydroxylation sites is 1. The quantitative estimate of drug-likeness (QED) is 0.770. The minimum absolute atomic E-state index is 0.0119. The van der Waals surface area contributed by atoms with Gasteiger partial charge in [0.2, 0.25) is 11.8 Å². The lowest BCUT2D eigenvalue weighted by molar-refractivity contribution is -0.138. The van der Waals surface area contributed by atoms with Crippen LogP contribution in [-0.4, -0.2) is 46.4 Å². The Morgan fingerprint density at radius 2 is 2.12 bits per heavy atom. The van der Waals surface area contributed by atoms with Crippen LogP contribution in [0.1, 0.15) is 32.3 Å². The summed E-state index contributed by atoms with van der Waals surface area (Å²) in [5.74, 6) is -0.120. The molecule has 2 heterocycles. The molecule has 6 heteroatoms. The summed E-state index contributed by atoms with van der Waals surface area (Å²) in [6, 6.07) is 7.51. The smallest absolute Gasteiger partial charge is 0.243 e. The number of aryl methyl sites for hydroxylation is 1. The second-order valence-corrected chi connectivity index (χ2v) is 7.08. The highest BCUT2D eigenvalue weighted by Gasteiger charge is 2.37. The first-order valence-corrected chi connectivity index (χ1v) is 8.86. The van der Waals surface area contributed by atoms with Gasteiger partial charge in [0.1, 0.15) is 6.04 Å². The van der Waals surface area contributed by atoms with E-state index in [2.05, 4.69) is 16.4 Å². The van der Waals surface area contributed by atoms with Crippen LogP contribution < -0.4 is 11.1 Å². The molecule has 1 aliphatic heterocycles. The fraction of sp³-hybridized carbons (Fsp3) is 0.474. The highest BCUT2D eigenvalue weighted by Crippen LogP contribution is 2.22.